The molecule has 0 radical (unpaired) electrons. The minimum absolute atomic E-state index is 0.141. The smallest absolute Gasteiger partial charge is 0.253 e. The first-order chi connectivity index (χ1) is 12.9. The number of nitrogens with zero attached hydrogens (tertiary/aromatic N) is 2. The Labute approximate surface area is 156 Å². The molecule has 0 saturated carbocycles. The average Bonchev–Trinajstić information content (AvgIpc) is 2.66. The summed E-state index contributed by atoms with van der Waals surface area (Å²) in [5.74, 6) is 0.124. The predicted molar refractivity (Wildman–Crippen MR) is 99.7 cm³/mol. The number of nitrogens with one attached hydrogen (secondary N) is 1. The van der Waals surface area contributed by atoms with E-state index in [0.717, 1.165) is 5.56 Å². The third kappa shape index (κ3) is 3.67. The van der Waals surface area contributed by atoms with Gasteiger partial charge in [0.05, 0.1) is 36.7 Å². The molecule has 140 valence electrons. The second kappa shape index (κ2) is 7.57. The first kappa shape index (κ1) is 18.6. The Hall–Kier alpha value is -3.22. The summed E-state index contributed by atoms with van der Waals surface area (Å²) in [4.78, 5) is 21.5. The molecule has 1 N–H and O–H groups in total. The second-order valence-electron chi connectivity index (χ2n) is 6.05. The Bertz CT molecular complexity index is 1020. The number of benzene rings is 2. The van der Waals surface area contributed by atoms with E-state index in [1.165, 1.54) is 19.2 Å². The number of rotatable bonds is 5. The van der Waals surface area contributed by atoms with Gasteiger partial charge in [-0.3, -0.25) is 4.79 Å². The number of carbonyl (C=O) groups excluding carboxylic acids is 1. The number of aromatic nitrogens is 2. The van der Waals surface area contributed by atoms with Crippen molar-refractivity contribution in [2.75, 3.05) is 14.2 Å². The lowest BCUT2D eigenvalue weighted by Crippen LogP contribution is -2.24. The summed E-state index contributed by atoms with van der Waals surface area (Å²) < 4.78 is 24.6. The van der Waals surface area contributed by atoms with Gasteiger partial charge in [0.25, 0.3) is 5.91 Å². The summed E-state index contributed by atoms with van der Waals surface area (Å²) in [5, 5.41) is 2.79. The maximum Gasteiger partial charge on any atom is 0.253 e. The Morgan fingerprint density at radius 1 is 1.11 bits per heavy atom. The van der Waals surface area contributed by atoms with E-state index in [9.17, 15) is 9.18 Å². The lowest BCUT2D eigenvalue weighted by molar-refractivity contribution is 0.0951. The number of para-hydroxylation sites is 1. The molecule has 2 aromatic carbocycles. The van der Waals surface area contributed by atoms with E-state index in [2.05, 4.69) is 15.3 Å². The standard InChI is InChI=1S/C20H20FN3O3/c1-11-12(2)24-18-15(8-14(21)9-16(18)23-11)20(25)22-10-13-6-5-7-17(26-3)19(13)27-4/h5-9H,10H2,1-4H3,(H,22,25). The van der Waals surface area contributed by atoms with E-state index in [4.69, 9.17) is 9.47 Å². The highest BCUT2D eigenvalue weighted by Crippen LogP contribution is 2.30. The Morgan fingerprint density at radius 2 is 1.85 bits per heavy atom. The van der Waals surface area contributed by atoms with E-state index in [0.29, 0.717) is 33.9 Å². The van der Waals surface area contributed by atoms with Crippen molar-refractivity contribution in [3.05, 3.63) is 58.7 Å². The van der Waals surface area contributed by atoms with Crippen LogP contribution in [-0.2, 0) is 6.54 Å². The lowest BCUT2D eigenvalue weighted by Gasteiger charge is -2.14. The number of hydrogen-bond donors (Lipinski definition) is 1. The molecule has 3 aromatic rings. The van der Waals surface area contributed by atoms with Gasteiger partial charge in [-0.15, -0.1) is 0 Å². The molecule has 1 aromatic heterocycles. The van der Waals surface area contributed by atoms with Gasteiger partial charge < -0.3 is 14.8 Å². The number of fused-ring (bicyclic) bond motifs is 1. The molecule has 0 spiro atoms. The Morgan fingerprint density at radius 3 is 2.56 bits per heavy atom. The molecule has 6 nitrogen and oxygen atoms in total. The molecule has 0 unspecified atom stereocenters. The van der Waals surface area contributed by atoms with Crippen molar-refractivity contribution in [1.82, 2.24) is 15.3 Å². The summed E-state index contributed by atoms with van der Waals surface area (Å²) in [6, 6.07) is 7.84. The van der Waals surface area contributed by atoms with Gasteiger partial charge in [0.15, 0.2) is 11.5 Å². The zero-order chi connectivity index (χ0) is 19.6. The number of halogens is 1. The summed E-state index contributed by atoms with van der Waals surface area (Å²) in [7, 11) is 3.08. The van der Waals surface area contributed by atoms with Crippen molar-refractivity contribution in [3.63, 3.8) is 0 Å². The summed E-state index contributed by atoms with van der Waals surface area (Å²) >= 11 is 0. The summed E-state index contributed by atoms with van der Waals surface area (Å²) in [6.07, 6.45) is 0. The highest BCUT2D eigenvalue weighted by Gasteiger charge is 2.17. The maximum atomic E-state index is 14.0. The quantitative estimate of drug-likeness (QED) is 0.747. The van der Waals surface area contributed by atoms with E-state index < -0.39 is 11.7 Å². The van der Waals surface area contributed by atoms with Gasteiger partial charge in [-0.25, -0.2) is 14.4 Å². The molecule has 0 saturated heterocycles. The number of carbonyl (C=O) groups is 1. The van der Waals surface area contributed by atoms with Gasteiger partial charge >= 0.3 is 0 Å². The third-order valence-electron chi connectivity index (χ3n) is 4.31. The van der Waals surface area contributed by atoms with Gasteiger partial charge in [0.2, 0.25) is 0 Å². The van der Waals surface area contributed by atoms with Crippen LogP contribution in [0.1, 0.15) is 27.3 Å². The minimum Gasteiger partial charge on any atom is -0.493 e. The van der Waals surface area contributed by atoms with Crippen LogP contribution < -0.4 is 14.8 Å². The third-order valence-corrected chi connectivity index (χ3v) is 4.31. The first-order valence-electron chi connectivity index (χ1n) is 8.37. The fraction of sp³-hybridized carbons (Fsp3) is 0.250. The number of ether oxygens (including phenoxy) is 2. The molecule has 0 aliphatic rings. The van der Waals surface area contributed by atoms with Gasteiger partial charge in [-0.2, -0.15) is 0 Å². The molecule has 0 atom stereocenters. The molecule has 0 aliphatic heterocycles. The molecule has 0 bridgehead atoms. The van der Waals surface area contributed by atoms with Crippen LogP contribution in [0.2, 0.25) is 0 Å². The molecular formula is C20H20FN3O3. The van der Waals surface area contributed by atoms with Crippen LogP contribution in [0.4, 0.5) is 4.39 Å². The van der Waals surface area contributed by atoms with E-state index in [1.54, 1.807) is 33.1 Å². The van der Waals surface area contributed by atoms with Crippen LogP contribution >= 0.6 is 0 Å². The van der Waals surface area contributed by atoms with Gasteiger partial charge in [-0.1, -0.05) is 12.1 Å². The van der Waals surface area contributed by atoms with Crippen molar-refractivity contribution >= 4 is 16.9 Å². The molecule has 3 rings (SSSR count). The maximum absolute atomic E-state index is 14.0. The monoisotopic (exact) mass is 369 g/mol. The normalized spacial score (nSPS) is 10.7. The topological polar surface area (TPSA) is 73.3 Å². The zero-order valence-corrected chi connectivity index (χ0v) is 15.6. The highest BCUT2D eigenvalue weighted by molar-refractivity contribution is 6.04. The SMILES string of the molecule is COc1cccc(CNC(=O)c2cc(F)cc3nc(C)c(C)nc23)c1OC. The van der Waals surface area contributed by atoms with Crippen molar-refractivity contribution in [2.45, 2.75) is 20.4 Å². The predicted octanol–water partition coefficient (Wildman–Crippen LogP) is 3.33. The van der Waals surface area contributed by atoms with E-state index >= 15 is 0 Å². The van der Waals surface area contributed by atoms with Crippen molar-refractivity contribution in [3.8, 4) is 11.5 Å². The fourth-order valence-electron chi connectivity index (χ4n) is 2.83. The number of methoxy groups -OCH3 is 2. The van der Waals surface area contributed by atoms with Crippen LogP contribution in [0.15, 0.2) is 30.3 Å². The van der Waals surface area contributed by atoms with Crippen molar-refractivity contribution < 1.29 is 18.7 Å². The average molecular weight is 369 g/mol. The van der Waals surface area contributed by atoms with Gasteiger partial charge in [0.1, 0.15) is 11.3 Å². The van der Waals surface area contributed by atoms with E-state index in [1.807, 2.05) is 6.07 Å². The number of amides is 1. The van der Waals surface area contributed by atoms with Crippen LogP contribution in [0, 0.1) is 19.7 Å². The number of aryl methyl sites for hydroxylation is 2. The highest BCUT2D eigenvalue weighted by atomic mass is 19.1. The zero-order valence-electron chi connectivity index (χ0n) is 15.6. The fourth-order valence-corrected chi connectivity index (χ4v) is 2.83. The van der Waals surface area contributed by atoms with E-state index in [-0.39, 0.29) is 12.1 Å². The molecule has 1 heterocycles. The summed E-state index contributed by atoms with van der Waals surface area (Å²) in [6.45, 7) is 3.78. The van der Waals surface area contributed by atoms with Crippen LogP contribution in [0.5, 0.6) is 11.5 Å². The van der Waals surface area contributed by atoms with Crippen molar-refractivity contribution in [1.29, 1.82) is 0 Å². The molecule has 0 fully saturated rings. The Kier molecular flexibility index (Phi) is 5.21. The molecule has 27 heavy (non-hydrogen) atoms. The van der Waals surface area contributed by atoms with Crippen molar-refractivity contribution in [2.24, 2.45) is 0 Å². The minimum atomic E-state index is -0.538. The van der Waals surface area contributed by atoms with Crippen LogP contribution in [0.3, 0.4) is 0 Å². The largest absolute Gasteiger partial charge is 0.493 e. The van der Waals surface area contributed by atoms with Gasteiger partial charge in [0, 0.05) is 18.2 Å². The summed E-state index contributed by atoms with van der Waals surface area (Å²) in [5.41, 5.74) is 2.99. The van der Waals surface area contributed by atoms with Crippen LogP contribution in [0.25, 0.3) is 11.0 Å². The Balaban J connectivity index is 1.93. The molecule has 0 aliphatic carbocycles. The first-order valence-corrected chi connectivity index (χ1v) is 8.37. The molecular weight excluding hydrogens is 349 g/mol. The van der Waals surface area contributed by atoms with Crippen LogP contribution in [-0.4, -0.2) is 30.1 Å². The molecule has 1 amide bonds. The molecule has 7 heteroatoms. The second-order valence-corrected chi connectivity index (χ2v) is 6.05. The lowest BCUT2D eigenvalue weighted by atomic mass is 10.1. The number of hydrogen-bond acceptors (Lipinski definition) is 5. The van der Waals surface area contributed by atoms with Gasteiger partial charge in [-0.05, 0) is 26.0 Å².